The van der Waals surface area contributed by atoms with Crippen molar-refractivity contribution in [3.63, 3.8) is 0 Å². The zero-order chi connectivity index (χ0) is 23.7. The molecule has 0 spiro atoms. The second-order valence-corrected chi connectivity index (χ2v) is 8.31. The van der Waals surface area contributed by atoms with Gasteiger partial charge >= 0.3 is 0 Å². The van der Waals surface area contributed by atoms with Crippen LogP contribution in [-0.4, -0.2) is 13.0 Å². The second kappa shape index (κ2) is 8.94. The van der Waals surface area contributed by atoms with Gasteiger partial charge in [0.2, 0.25) is 5.91 Å². The fourth-order valence-corrected chi connectivity index (χ4v) is 4.22. The van der Waals surface area contributed by atoms with Crippen LogP contribution in [0.4, 0.5) is 10.1 Å². The van der Waals surface area contributed by atoms with Gasteiger partial charge in [-0.25, -0.2) is 4.39 Å². The number of aryl methyl sites for hydroxylation is 3. The maximum absolute atomic E-state index is 13.4. The van der Waals surface area contributed by atoms with Crippen LogP contribution >= 0.6 is 0 Å². The Bertz CT molecular complexity index is 1360. The first kappa shape index (κ1) is 22.3. The van der Waals surface area contributed by atoms with E-state index >= 15 is 0 Å². The Morgan fingerprint density at radius 1 is 1.03 bits per heavy atom. The van der Waals surface area contributed by atoms with Gasteiger partial charge in [-0.2, -0.15) is 0 Å². The molecule has 1 aromatic heterocycles. The molecule has 1 heterocycles. The van der Waals surface area contributed by atoms with Crippen LogP contribution < -0.4 is 10.1 Å². The quantitative estimate of drug-likeness (QED) is 0.331. The number of benzene rings is 3. The second-order valence-electron chi connectivity index (χ2n) is 8.31. The van der Waals surface area contributed by atoms with Crippen LogP contribution in [0.15, 0.2) is 65.3 Å². The van der Waals surface area contributed by atoms with Crippen molar-refractivity contribution in [3.8, 4) is 16.9 Å². The molecular weight excluding hydrogens is 417 g/mol. The van der Waals surface area contributed by atoms with Gasteiger partial charge < -0.3 is 14.5 Å². The molecule has 0 radical (unpaired) electrons. The number of carbonyl (C=O) groups is 1. The van der Waals surface area contributed by atoms with E-state index in [0.717, 1.165) is 50.0 Å². The number of nitrogens with one attached hydrogen (secondary N) is 1. The van der Waals surface area contributed by atoms with Gasteiger partial charge in [-0.15, -0.1) is 0 Å². The highest BCUT2D eigenvalue weighted by atomic mass is 19.1. The zero-order valence-corrected chi connectivity index (χ0v) is 19.4. The molecular formula is C28H26FNO3. The number of allylic oxidation sites excluding steroid dienone is 1. The monoisotopic (exact) mass is 443 g/mol. The van der Waals surface area contributed by atoms with E-state index < -0.39 is 0 Å². The van der Waals surface area contributed by atoms with Gasteiger partial charge in [0.15, 0.2) is 0 Å². The van der Waals surface area contributed by atoms with E-state index in [9.17, 15) is 9.18 Å². The van der Waals surface area contributed by atoms with Crippen molar-refractivity contribution in [2.24, 2.45) is 0 Å². The average Bonchev–Trinajstić information content (AvgIpc) is 3.17. The summed E-state index contributed by atoms with van der Waals surface area (Å²) < 4.78 is 24.9. The minimum Gasteiger partial charge on any atom is -0.496 e. The van der Waals surface area contributed by atoms with E-state index in [-0.39, 0.29) is 11.7 Å². The molecule has 4 rings (SSSR count). The van der Waals surface area contributed by atoms with Crippen LogP contribution in [0, 0.1) is 26.6 Å². The zero-order valence-electron chi connectivity index (χ0n) is 19.4. The summed E-state index contributed by atoms with van der Waals surface area (Å²) in [5.41, 5.74) is 7.71. The number of anilines is 1. The SMILES string of the molecule is COc1c(/C(C)=C/C(=O)Nc2cc(C)cc(C)c2)cc2c(-c3ccc(F)cc3)coc2c1C. The Balaban J connectivity index is 1.75. The lowest BCUT2D eigenvalue weighted by Gasteiger charge is -2.13. The van der Waals surface area contributed by atoms with Crippen molar-refractivity contribution in [2.75, 3.05) is 12.4 Å². The molecule has 4 aromatic rings. The molecule has 0 aliphatic rings. The normalized spacial score (nSPS) is 11.6. The summed E-state index contributed by atoms with van der Waals surface area (Å²) in [5.74, 6) is 0.136. The molecule has 0 fully saturated rings. The third kappa shape index (κ3) is 4.53. The molecule has 4 nitrogen and oxygen atoms in total. The fraction of sp³-hybridized carbons (Fsp3) is 0.179. The van der Waals surface area contributed by atoms with Crippen LogP contribution in [0.3, 0.4) is 0 Å². The predicted octanol–water partition coefficient (Wildman–Crippen LogP) is 7.21. The lowest BCUT2D eigenvalue weighted by atomic mass is 9.96. The third-order valence-corrected chi connectivity index (χ3v) is 5.66. The van der Waals surface area contributed by atoms with E-state index in [0.29, 0.717) is 11.3 Å². The van der Waals surface area contributed by atoms with Crippen molar-refractivity contribution in [1.29, 1.82) is 0 Å². The highest BCUT2D eigenvalue weighted by molar-refractivity contribution is 6.06. The average molecular weight is 444 g/mol. The van der Waals surface area contributed by atoms with E-state index in [1.54, 1.807) is 31.6 Å². The summed E-state index contributed by atoms with van der Waals surface area (Å²) in [6, 6.07) is 14.2. The number of ether oxygens (including phenoxy) is 1. The molecule has 0 unspecified atom stereocenters. The number of fused-ring (bicyclic) bond motifs is 1. The van der Waals surface area contributed by atoms with Crippen LogP contribution in [0.5, 0.6) is 5.75 Å². The summed E-state index contributed by atoms with van der Waals surface area (Å²) in [6.45, 7) is 7.79. The van der Waals surface area contributed by atoms with Crippen LogP contribution in [0.1, 0.15) is 29.2 Å². The topological polar surface area (TPSA) is 51.5 Å². The number of carbonyl (C=O) groups excluding carboxylic acids is 1. The number of furan rings is 1. The summed E-state index contributed by atoms with van der Waals surface area (Å²) in [7, 11) is 1.60. The molecule has 0 saturated carbocycles. The van der Waals surface area contributed by atoms with Gasteiger partial charge in [0.05, 0.1) is 13.4 Å². The van der Waals surface area contributed by atoms with Crippen molar-refractivity contribution >= 4 is 28.1 Å². The van der Waals surface area contributed by atoms with Gasteiger partial charge in [0.25, 0.3) is 0 Å². The van der Waals surface area contributed by atoms with Gasteiger partial charge in [0.1, 0.15) is 17.1 Å². The van der Waals surface area contributed by atoms with Gasteiger partial charge in [-0.1, -0.05) is 18.2 Å². The largest absolute Gasteiger partial charge is 0.496 e. The number of hydrogen-bond donors (Lipinski definition) is 1. The molecule has 33 heavy (non-hydrogen) atoms. The maximum Gasteiger partial charge on any atom is 0.248 e. The molecule has 0 aliphatic heterocycles. The summed E-state index contributed by atoms with van der Waals surface area (Å²) in [4.78, 5) is 12.8. The number of amides is 1. The fourth-order valence-electron chi connectivity index (χ4n) is 4.22. The van der Waals surface area contributed by atoms with Crippen molar-refractivity contribution in [3.05, 3.63) is 88.9 Å². The lowest BCUT2D eigenvalue weighted by Crippen LogP contribution is -2.09. The van der Waals surface area contributed by atoms with Crippen molar-refractivity contribution < 1.29 is 18.3 Å². The molecule has 0 aliphatic carbocycles. The molecule has 0 saturated heterocycles. The molecule has 0 bridgehead atoms. The molecule has 1 N–H and O–H groups in total. The van der Waals surface area contributed by atoms with Gasteiger partial charge in [0, 0.05) is 33.8 Å². The Morgan fingerprint density at radius 2 is 1.70 bits per heavy atom. The van der Waals surface area contributed by atoms with E-state index in [1.807, 2.05) is 45.9 Å². The van der Waals surface area contributed by atoms with Crippen LogP contribution in [0.2, 0.25) is 0 Å². The van der Waals surface area contributed by atoms with Crippen molar-refractivity contribution in [2.45, 2.75) is 27.7 Å². The Kier molecular flexibility index (Phi) is 6.05. The molecule has 168 valence electrons. The lowest BCUT2D eigenvalue weighted by molar-refractivity contribution is -0.111. The van der Waals surface area contributed by atoms with E-state index in [2.05, 4.69) is 11.4 Å². The number of halogens is 1. The van der Waals surface area contributed by atoms with Crippen molar-refractivity contribution in [1.82, 2.24) is 0 Å². The summed E-state index contributed by atoms with van der Waals surface area (Å²) in [5, 5.41) is 3.81. The molecule has 5 heteroatoms. The Morgan fingerprint density at radius 3 is 2.33 bits per heavy atom. The minimum absolute atomic E-state index is 0.219. The maximum atomic E-state index is 13.4. The first-order chi connectivity index (χ1) is 15.8. The summed E-state index contributed by atoms with van der Waals surface area (Å²) in [6.07, 6.45) is 3.23. The first-order valence-corrected chi connectivity index (χ1v) is 10.7. The molecule has 1 amide bonds. The molecule has 3 aromatic carbocycles. The number of hydrogen-bond acceptors (Lipinski definition) is 3. The standard InChI is InChI=1S/C28H26FNO3/c1-16-10-17(2)12-22(11-16)30-26(31)13-18(3)23-14-24-25(20-6-8-21(29)9-7-20)15-33-28(24)19(4)27(23)32-5/h6-15H,1-5H3,(H,30,31)/b18-13+. The van der Waals surface area contributed by atoms with Crippen LogP contribution in [0.25, 0.3) is 27.7 Å². The number of methoxy groups -OCH3 is 1. The molecule has 0 atom stereocenters. The predicted molar refractivity (Wildman–Crippen MR) is 131 cm³/mol. The minimum atomic E-state index is -0.293. The van der Waals surface area contributed by atoms with Gasteiger partial charge in [-0.3, -0.25) is 4.79 Å². The smallest absolute Gasteiger partial charge is 0.248 e. The third-order valence-electron chi connectivity index (χ3n) is 5.66. The first-order valence-electron chi connectivity index (χ1n) is 10.7. The number of rotatable bonds is 5. The van der Waals surface area contributed by atoms with Crippen LogP contribution in [-0.2, 0) is 4.79 Å². The Hall–Kier alpha value is -3.86. The Labute approximate surface area is 192 Å². The van der Waals surface area contributed by atoms with E-state index in [1.165, 1.54) is 12.1 Å². The van der Waals surface area contributed by atoms with E-state index in [4.69, 9.17) is 9.15 Å². The van der Waals surface area contributed by atoms with Gasteiger partial charge in [-0.05, 0) is 80.3 Å². The highest BCUT2D eigenvalue weighted by Crippen LogP contribution is 2.40. The highest BCUT2D eigenvalue weighted by Gasteiger charge is 2.19. The summed E-state index contributed by atoms with van der Waals surface area (Å²) >= 11 is 0.